The molecule has 0 aliphatic rings. The van der Waals surface area contributed by atoms with Gasteiger partial charge in [-0.05, 0) is 74.0 Å². The van der Waals surface area contributed by atoms with Crippen molar-refractivity contribution in [1.29, 1.82) is 0 Å². The maximum atomic E-state index is 13.6. The maximum Gasteiger partial charge on any atom is 0.185 e. The molecule has 4 rings (SSSR count). The fourth-order valence-corrected chi connectivity index (χ4v) is 4.06. The van der Waals surface area contributed by atoms with Gasteiger partial charge in [-0.1, -0.05) is 42.5 Å². The molecule has 0 saturated carbocycles. The average Bonchev–Trinajstić information content (AvgIpc) is 3.16. The van der Waals surface area contributed by atoms with Crippen molar-refractivity contribution in [1.82, 2.24) is 4.57 Å². The number of carbonyl (C=O) groups excluding carboxylic acids is 1. The second-order valence-electron chi connectivity index (χ2n) is 8.06. The first-order chi connectivity index (χ1) is 16.0. The molecule has 3 nitrogen and oxygen atoms in total. The highest BCUT2D eigenvalue weighted by molar-refractivity contribution is 6.05. The summed E-state index contributed by atoms with van der Waals surface area (Å²) in [4.78, 5) is 12.5. The summed E-state index contributed by atoms with van der Waals surface area (Å²) < 4.78 is 21.0. The lowest BCUT2D eigenvalue weighted by Gasteiger charge is -2.13. The third-order valence-electron chi connectivity index (χ3n) is 5.59. The number of ketones is 1. The quantitative estimate of drug-likeness (QED) is 0.170. The summed E-state index contributed by atoms with van der Waals surface area (Å²) in [6.07, 6.45) is 7.19. The molecule has 0 aliphatic carbocycles. The fraction of sp³-hybridized carbons (Fsp3) is 0.138. The Labute approximate surface area is 193 Å². The minimum absolute atomic E-state index is 0.0783. The number of ether oxygens (including phenoxy) is 1. The molecule has 0 aliphatic heterocycles. The summed E-state index contributed by atoms with van der Waals surface area (Å²) in [6.45, 7) is 4.28. The van der Waals surface area contributed by atoms with Gasteiger partial charge in [0, 0.05) is 33.8 Å². The van der Waals surface area contributed by atoms with Crippen LogP contribution in [0.15, 0.2) is 91.0 Å². The molecule has 1 heterocycles. The molecular weight excluding hydrogens is 413 g/mol. The first kappa shape index (κ1) is 22.3. The van der Waals surface area contributed by atoms with Crippen LogP contribution in [0.5, 0.6) is 5.75 Å². The van der Waals surface area contributed by atoms with Crippen LogP contribution in [0, 0.1) is 5.82 Å². The molecule has 0 N–H and O–H groups in total. The van der Waals surface area contributed by atoms with Crippen molar-refractivity contribution in [3.05, 3.63) is 108 Å². The third kappa shape index (κ3) is 4.65. The predicted molar refractivity (Wildman–Crippen MR) is 133 cm³/mol. The molecule has 0 saturated heterocycles. The zero-order chi connectivity index (χ0) is 23.4. The van der Waals surface area contributed by atoms with Gasteiger partial charge in [0.15, 0.2) is 5.78 Å². The minimum Gasteiger partial charge on any atom is -0.497 e. The second-order valence-corrected chi connectivity index (χ2v) is 8.06. The third-order valence-corrected chi connectivity index (χ3v) is 5.59. The Balaban J connectivity index is 1.73. The van der Waals surface area contributed by atoms with Crippen LogP contribution < -0.4 is 4.74 Å². The van der Waals surface area contributed by atoms with Crippen LogP contribution in [-0.4, -0.2) is 17.5 Å². The van der Waals surface area contributed by atoms with Crippen molar-refractivity contribution < 1.29 is 13.9 Å². The first-order valence-corrected chi connectivity index (χ1v) is 10.9. The number of aromatic nitrogens is 1. The highest BCUT2D eigenvalue weighted by Gasteiger charge is 2.18. The number of fused-ring (bicyclic) bond motifs is 1. The van der Waals surface area contributed by atoms with E-state index >= 15 is 0 Å². The molecule has 0 bridgehead atoms. The topological polar surface area (TPSA) is 31.2 Å². The monoisotopic (exact) mass is 439 g/mol. The van der Waals surface area contributed by atoms with E-state index in [9.17, 15) is 9.18 Å². The largest absolute Gasteiger partial charge is 0.497 e. The summed E-state index contributed by atoms with van der Waals surface area (Å²) in [5.74, 6) is 0.374. The van der Waals surface area contributed by atoms with Gasteiger partial charge in [0.2, 0.25) is 0 Å². The van der Waals surface area contributed by atoms with Crippen molar-refractivity contribution in [3.63, 3.8) is 0 Å². The average molecular weight is 440 g/mol. The van der Waals surface area contributed by atoms with E-state index in [1.807, 2.05) is 36.4 Å². The number of hydrogen-bond acceptors (Lipinski definition) is 2. The minimum atomic E-state index is -0.261. The molecule has 0 atom stereocenters. The molecule has 166 valence electrons. The van der Waals surface area contributed by atoms with Crippen LogP contribution in [0.2, 0.25) is 0 Å². The summed E-state index contributed by atoms with van der Waals surface area (Å²) in [5, 5.41) is 1.11. The molecule has 0 unspecified atom stereocenters. The van der Waals surface area contributed by atoms with Crippen LogP contribution in [-0.2, 0) is 0 Å². The molecule has 3 aromatic carbocycles. The molecule has 0 spiro atoms. The Hall–Kier alpha value is -3.92. The summed E-state index contributed by atoms with van der Waals surface area (Å²) in [5.41, 5.74) is 4.73. The number of methoxy groups -OCH3 is 1. The van der Waals surface area contributed by atoms with Gasteiger partial charge in [-0.3, -0.25) is 4.79 Å². The molecule has 4 heteroatoms. The summed E-state index contributed by atoms with van der Waals surface area (Å²) in [6, 6.07) is 22.1. The first-order valence-electron chi connectivity index (χ1n) is 10.9. The van der Waals surface area contributed by atoms with Crippen LogP contribution in [0.1, 0.15) is 35.9 Å². The number of rotatable bonds is 7. The normalized spacial score (nSPS) is 11.8. The highest BCUT2D eigenvalue weighted by atomic mass is 19.1. The van der Waals surface area contributed by atoms with Crippen molar-refractivity contribution in [2.24, 2.45) is 0 Å². The summed E-state index contributed by atoms with van der Waals surface area (Å²) >= 11 is 0. The van der Waals surface area contributed by atoms with Crippen LogP contribution >= 0.6 is 0 Å². The standard InChI is InChI=1S/C29H26FNO2/c1-20(2)31-26-9-5-4-8-25(26)29(22-12-16-23(30)17-13-22)27(31)10-6-7-11-28(32)21-14-18-24(33-3)19-15-21/h4-20H,1-3H3/b10-6+,11-7+. The number of allylic oxidation sites excluding steroid dienone is 3. The lowest BCUT2D eigenvalue weighted by Crippen LogP contribution is -2.02. The van der Waals surface area contributed by atoms with E-state index in [0.29, 0.717) is 11.3 Å². The van der Waals surface area contributed by atoms with E-state index in [0.717, 1.165) is 27.7 Å². The van der Waals surface area contributed by atoms with Gasteiger partial charge < -0.3 is 9.30 Å². The van der Waals surface area contributed by atoms with Crippen LogP contribution in [0.25, 0.3) is 28.1 Å². The Bertz CT molecular complexity index is 1330. The van der Waals surface area contributed by atoms with Gasteiger partial charge in [0.1, 0.15) is 11.6 Å². The lowest BCUT2D eigenvalue weighted by atomic mass is 10.0. The highest BCUT2D eigenvalue weighted by Crippen LogP contribution is 2.37. The van der Waals surface area contributed by atoms with E-state index in [2.05, 4.69) is 30.5 Å². The van der Waals surface area contributed by atoms with E-state index in [-0.39, 0.29) is 17.6 Å². The van der Waals surface area contributed by atoms with E-state index in [4.69, 9.17) is 4.74 Å². The SMILES string of the molecule is COc1ccc(C(=O)/C=C/C=C/c2c(-c3ccc(F)cc3)c3ccccc3n2C(C)C)cc1. The van der Waals surface area contributed by atoms with Crippen LogP contribution in [0.4, 0.5) is 4.39 Å². The zero-order valence-electron chi connectivity index (χ0n) is 19.0. The number of para-hydroxylation sites is 1. The molecule has 33 heavy (non-hydrogen) atoms. The van der Waals surface area contributed by atoms with Gasteiger partial charge in [0.25, 0.3) is 0 Å². The van der Waals surface area contributed by atoms with Gasteiger partial charge >= 0.3 is 0 Å². The van der Waals surface area contributed by atoms with E-state index in [1.54, 1.807) is 43.5 Å². The Kier molecular flexibility index (Phi) is 6.55. The van der Waals surface area contributed by atoms with Crippen molar-refractivity contribution >= 4 is 22.8 Å². The van der Waals surface area contributed by atoms with E-state index < -0.39 is 0 Å². The molecule has 0 radical (unpaired) electrons. The summed E-state index contributed by atoms with van der Waals surface area (Å²) in [7, 11) is 1.60. The van der Waals surface area contributed by atoms with Crippen LogP contribution in [0.3, 0.4) is 0 Å². The molecule has 4 aromatic rings. The smallest absolute Gasteiger partial charge is 0.185 e. The number of hydrogen-bond donors (Lipinski definition) is 0. The Morgan fingerprint density at radius 1 is 0.939 bits per heavy atom. The fourth-order valence-electron chi connectivity index (χ4n) is 4.06. The Morgan fingerprint density at radius 2 is 1.64 bits per heavy atom. The lowest BCUT2D eigenvalue weighted by molar-refractivity contribution is 0.104. The van der Waals surface area contributed by atoms with Gasteiger partial charge in [0.05, 0.1) is 7.11 Å². The van der Waals surface area contributed by atoms with Gasteiger partial charge in [-0.2, -0.15) is 0 Å². The van der Waals surface area contributed by atoms with Crippen molar-refractivity contribution in [2.75, 3.05) is 7.11 Å². The zero-order valence-corrected chi connectivity index (χ0v) is 19.0. The number of carbonyl (C=O) groups is 1. The molecule has 1 aromatic heterocycles. The molecule has 0 amide bonds. The number of benzene rings is 3. The second kappa shape index (κ2) is 9.70. The number of halogens is 1. The molecule has 0 fully saturated rings. The van der Waals surface area contributed by atoms with Crippen molar-refractivity contribution in [3.8, 4) is 16.9 Å². The molecular formula is C29H26FNO2. The van der Waals surface area contributed by atoms with Crippen molar-refractivity contribution in [2.45, 2.75) is 19.9 Å². The Morgan fingerprint density at radius 3 is 2.30 bits per heavy atom. The van der Waals surface area contributed by atoms with E-state index in [1.165, 1.54) is 12.1 Å². The predicted octanol–water partition coefficient (Wildman–Crippen LogP) is 7.49. The number of nitrogens with zero attached hydrogens (tertiary/aromatic N) is 1. The van der Waals surface area contributed by atoms with Gasteiger partial charge in [-0.15, -0.1) is 0 Å². The van der Waals surface area contributed by atoms with Gasteiger partial charge in [-0.25, -0.2) is 4.39 Å². The maximum absolute atomic E-state index is 13.6.